The first-order chi connectivity index (χ1) is 8.84. The molecule has 2 fully saturated rings. The first kappa shape index (κ1) is 11.4. The van der Waals surface area contributed by atoms with E-state index >= 15 is 0 Å². The lowest BCUT2D eigenvalue weighted by Crippen LogP contribution is -2.51. The molecule has 1 aromatic heterocycles. The van der Waals surface area contributed by atoms with Crippen molar-refractivity contribution in [3.8, 4) is 0 Å². The summed E-state index contributed by atoms with van der Waals surface area (Å²) in [6.07, 6.45) is 5.07. The van der Waals surface area contributed by atoms with Gasteiger partial charge in [0.2, 0.25) is 5.91 Å². The number of piperazine rings is 1. The molecule has 1 saturated carbocycles. The van der Waals surface area contributed by atoms with E-state index in [1.54, 1.807) is 6.20 Å². The molecule has 0 aromatic carbocycles. The van der Waals surface area contributed by atoms with E-state index in [2.05, 4.69) is 15.1 Å². The normalized spacial score (nSPS) is 20.7. The Morgan fingerprint density at radius 1 is 1.22 bits per heavy atom. The minimum absolute atomic E-state index is 0.313. The van der Waals surface area contributed by atoms with Crippen molar-refractivity contribution in [2.75, 3.05) is 31.1 Å². The Kier molecular flexibility index (Phi) is 3.13. The maximum atomic E-state index is 12.1. The molecule has 1 amide bonds. The first-order valence-electron chi connectivity index (χ1n) is 6.66. The van der Waals surface area contributed by atoms with Crippen LogP contribution in [-0.2, 0) is 4.79 Å². The number of aromatic nitrogens is 2. The highest BCUT2D eigenvalue weighted by Gasteiger charge is 2.31. The summed E-state index contributed by atoms with van der Waals surface area (Å²) in [6.45, 7) is 3.34. The molecule has 0 N–H and O–H groups in total. The molecular weight excluding hydrogens is 228 g/mol. The van der Waals surface area contributed by atoms with E-state index in [9.17, 15) is 4.79 Å². The monoisotopic (exact) mass is 246 g/mol. The quantitative estimate of drug-likeness (QED) is 0.779. The van der Waals surface area contributed by atoms with Crippen LogP contribution < -0.4 is 4.90 Å². The van der Waals surface area contributed by atoms with E-state index in [4.69, 9.17) is 0 Å². The van der Waals surface area contributed by atoms with Crippen LogP contribution in [0.25, 0.3) is 0 Å². The lowest BCUT2D eigenvalue weighted by atomic mass is 9.84. The van der Waals surface area contributed by atoms with Crippen LogP contribution in [-0.4, -0.2) is 47.2 Å². The summed E-state index contributed by atoms with van der Waals surface area (Å²) in [6, 6.07) is 3.87. The summed E-state index contributed by atoms with van der Waals surface area (Å²) in [5.41, 5.74) is 0. The lowest BCUT2D eigenvalue weighted by molar-refractivity contribution is -0.138. The molecule has 0 atom stereocenters. The van der Waals surface area contributed by atoms with Crippen molar-refractivity contribution in [2.45, 2.75) is 19.3 Å². The summed E-state index contributed by atoms with van der Waals surface area (Å²) in [5, 5.41) is 8.00. The number of hydrogen-bond donors (Lipinski definition) is 0. The second-order valence-corrected chi connectivity index (χ2v) is 5.02. The number of carbonyl (C=O) groups excluding carboxylic acids is 1. The molecular formula is C13H18N4O. The Labute approximate surface area is 107 Å². The largest absolute Gasteiger partial charge is 0.352 e. The zero-order valence-electron chi connectivity index (χ0n) is 10.5. The van der Waals surface area contributed by atoms with Gasteiger partial charge in [-0.25, -0.2) is 0 Å². The number of nitrogens with zero attached hydrogens (tertiary/aromatic N) is 4. The molecule has 5 nitrogen and oxygen atoms in total. The zero-order valence-corrected chi connectivity index (χ0v) is 10.5. The number of rotatable bonds is 2. The predicted octanol–water partition coefficient (Wildman–Crippen LogP) is 0.925. The average molecular weight is 246 g/mol. The average Bonchev–Trinajstić information content (AvgIpc) is 2.38. The number of hydrogen-bond acceptors (Lipinski definition) is 4. The second kappa shape index (κ2) is 4.92. The molecule has 3 rings (SSSR count). The highest BCUT2D eigenvalue weighted by atomic mass is 16.2. The fourth-order valence-corrected chi connectivity index (χ4v) is 2.53. The van der Waals surface area contributed by atoms with Gasteiger partial charge in [-0.05, 0) is 25.0 Å². The van der Waals surface area contributed by atoms with E-state index in [0.717, 1.165) is 44.8 Å². The molecule has 0 bridgehead atoms. The Hall–Kier alpha value is -1.65. The number of amides is 1. The highest BCUT2D eigenvalue weighted by molar-refractivity contribution is 5.79. The van der Waals surface area contributed by atoms with Crippen molar-refractivity contribution in [1.82, 2.24) is 15.1 Å². The van der Waals surface area contributed by atoms with Gasteiger partial charge in [-0.2, -0.15) is 5.10 Å². The molecule has 96 valence electrons. The van der Waals surface area contributed by atoms with Crippen LogP contribution in [0.5, 0.6) is 0 Å². The van der Waals surface area contributed by atoms with Crippen LogP contribution in [0.2, 0.25) is 0 Å². The zero-order chi connectivity index (χ0) is 12.4. The molecule has 1 aromatic rings. The van der Waals surface area contributed by atoms with Crippen molar-refractivity contribution >= 4 is 11.7 Å². The van der Waals surface area contributed by atoms with Crippen molar-refractivity contribution in [2.24, 2.45) is 5.92 Å². The summed E-state index contributed by atoms with van der Waals surface area (Å²) < 4.78 is 0. The van der Waals surface area contributed by atoms with Gasteiger partial charge in [0.15, 0.2) is 5.82 Å². The SMILES string of the molecule is O=C(C1CCC1)N1CCN(c2cccnn2)CC1. The van der Waals surface area contributed by atoms with Gasteiger partial charge >= 0.3 is 0 Å². The van der Waals surface area contributed by atoms with Gasteiger partial charge < -0.3 is 9.80 Å². The van der Waals surface area contributed by atoms with Crippen molar-refractivity contribution < 1.29 is 4.79 Å². The molecule has 1 saturated heterocycles. The van der Waals surface area contributed by atoms with Gasteiger partial charge in [-0.1, -0.05) is 6.42 Å². The van der Waals surface area contributed by atoms with E-state index in [-0.39, 0.29) is 0 Å². The first-order valence-corrected chi connectivity index (χ1v) is 6.66. The van der Waals surface area contributed by atoms with Gasteiger partial charge in [0, 0.05) is 38.3 Å². The maximum Gasteiger partial charge on any atom is 0.225 e. The molecule has 18 heavy (non-hydrogen) atoms. The van der Waals surface area contributed by atoms with Crippen LogP contribution >= 0.6 is 0 Å². The molecule has 0 spiro atoms. The van der Waals surface area contributed by atoms with Crippen molar-refractivity contribution in [1.29, 1.82) is 0 Å². The Morgan fingerprint density at radius 2 is 2.00 bits per heavy atom. The van der Waals surface area contributed by atoms with Crippen LogP contribution in [0, 0.1) is 5.92 Å². The van der Waals surface area contributed by atoms with Crippen LogP contribution in [0.1, 0.15) is 19.3 Å². The van der Waals surface area contributed by atoms with Gasteiger partial charge in [-0.3, -0.25) is 4.79 Å². The maximum absolute atomic E-state index is 12.1. The smallest absolute Gasteiger partial charge is 0.225 e. The third kappa shape index (κ3) is 2.17. The Morgan fingerprint density at radius 3 is 2.56 bits per heavy atom. The van der Waals surface area contributed by atoms with Crippen molar-refractivity contribution in [3.63, 3.8) is 0 Å². The lowest BCUT2D eigenvalue weighted by Gasteiger charge is -2.38. The van der Waals surface area contributed by atoms with Gasteiger partial charge in [0.1, 0.15) is 0 Å². The predicted molar refractivity (Wildman–Crippen MR) is 68.2 cm³/mol. The molecule has 2 aliphatic rings. The molecule has 5 heteroatoms. The highest BCUT2D eigenvalue weighted by Crippen LogP contribution is 2.28. The van der Waals surface area contributed by atoms with Crippen LogP contribution in [0.3, 0.4) is 0 Å². The Bertz CT molecular complexity index is 410. The summed E-state index contributed by atoms with van der Waals surface area (Å²) in [7, 11) is 0. The van der Waals surface area contributed by atoms with Gasteiger partial charge in [0.25, 0.3) is 0 Å². The van der Waals surface area contributed by atoms with E-state index in [1.807, 2.05) is 17.0 Å². The molecule has 0 unspecified atom stereocenters. The van der Waals surface area contributed by atoms with Crippen LogP contribution in [0.15, 0.2) is 18.3 Å². The minimum atomic E-state index is 0.313. The molecule has 1 aliphatic carbocycles. The fourth-order valence-electron chi connectivity index (χ4n) is 2.53. The van der Waals surface area contributed by atoms with E-state index in [1.165, 1.54) is 6.42 Å². The molecule has 2 heterocycles. The second-order valence-electron chi connectivity index (χ2n) is 5.02. The fraction of sp³-hybridized carbons (Fsp3) is 0.615. The summed E-state index contributed by atoms with van der Waals surface area (Å²) in [5.74, 6) is 1.58. The van der Waals surface area contributed by atoms with E-state index < -0.39 is 0 Å². The third-order valence-electron chi connectivity index (χ3n) is 3.93. The summed E-state index contributed by atoms with van der Waals surface area (Å²) >= 11 is 0. The van der Waals surface area contributed by atoms with Gasteiger partial charge in [0.05, 0.1) is 0 Å². The third-order valence-corrected chi connectivity index (χ3v) is 3.93. The molecule has 1 aliphatic heterocycles. The number of anilines is 1. The minimum Gasteiger partial charge on any atom is -0.352 e. The van der Waals surface area contributed by atoms with E-state index in [0.29, 0.717) is 11.8 Å². The topological polar surface area (TPSA) is 49.3 Å². The standard InChI is InChI=1S/C13H18N4O/c18-13(11-3-1-4-11)17-9-7-16(8-10-17)12-5-2-6-14-15-12/h2,5-6,11H,1,3-4,7-10H2. The summed E-state index contributed by atoms with van der Waals surface area (Å²) in [4.78, 5) is 16.3. The van der Waals surface area contributed by atoms with Gasteiger partial charge in [-0.15, -0.1) is 5.10 Å². The van der Waals surface area contributed by atoms with Crippen LogP contribution in [0.4, 0.5) is 5.82 Å². The Balaban J connectivity index is 1.56. The number of carbonyl (C=O) groups is 1. The van der Waals surface area contributed by atoms with Crippen molar-refractivity contribution in [3.05, 3.63) is 18.3 Å². The molecule has 0 radical (unpaired) electrons.